The lowest BCUT2D eigenvalue weighted by Crippen LogP contribution is -2.32. The van der Waals surface area contributed by atoms with Gasteiger partial charge in [-0.15, -0.1) is 0 Å². The van der Waals surface area contributed by atoms with Gasteiger partial charge >= 0.3 is 0 Å². The minimum Gasteiger partial charge on any atom is -0.271 e. The van der Waals surface area contributed by atoms with Crippen molar-refractivity contribution in [1.29, 1.82) is 0 Å². The zero-order chi connectivity index (χ0) is 13.2. The molecule has 2 aromatic rings. The maximum Gasteiger partial charge on any atom is 0.0554 e. The molecule has 0 spiro atoms. The van der Waals surface area contributed by atoms with E-state index in [0.29, 0.717) is 5.92 Å². The molecule has 0 amide bonds. The molecule has 1 aromatic heterocycles. The van der Waals surface area contributed by atoms with Crippen molar-refractivity contribution in [3.05, 3.63) is 63.9 Å². The highest BCUT2D eigenvalue weighted by atomic mass is 79.9. The number of pyridine rings is 1. The fraction of sp³-hybridized carbons (Fsp3) is 0.267. The van der Waals surface area contributed by atoms with E-state index >= 15 is 0 Å². The van der Waals surface area contributed by atoms with Crippen molar-refractivity contribution in [2.24, 2.45) is 5.84 Å². The van der Waals surface area contributed by atoms with Crippen LogP contribution in [-0.2, 0) is 6.42 Å². The lowest BCUT2D eigenvalue weighted by Gasteiger charge is -2.24. The Balaban J connectivity index is 1.99. The van der Waals surface area contributed by atoms with E-state index < -0.39 is 0 Å². The molecule has 3 N–H and O–H groups in total. The second-order valence-corrected chi connectivity index (χ2v) is 5.71. The minimum atomic E-state index is 0.0896. The van der Waals surface area contributed by atoms with Gasteiger partial charge < -0.3 is 0 Å². The normalized spacial score (nSPS) is 19.2. The van der Waals surface area contributed by atoms with Crippen LogP contribution in [-0.4, -0.2) is 4.98 Å². The summed E-state index contributed by atoms with van der Waals surface area (Å²) in [5.74, 6) is 6.15. The van der Waals surface area contributed by atoms with Gasteiger partial charge in [-0.25, -0.2) is 0 Å². The zero-order valence-corrected chi connectivity index (χ0v) is 12.1. The molecule has 3 rings (SSSR count). The molecule has 0 fully saturated rings. The predicted octanol–water partition coefficient (Wildman–Crippen LogP) is 3.08. The van der Waals surface area contributed by atoms with Crippen LogP contribution in [0.25, 0.3) is 0 Å². The first-order valence-corrected chi connectivity index (χ1v) is 7.25. The fourth-order valence-electron chi connectivity index (χ4n) is 2.92. The Morgan fingerprint density at radius 2 is 2.11 bits per heavy atom. The Bertz CT molecular complexity index is 585. The molecule has 1 heterocycles. The Hall–Kier alpha value is -1.23. The highest BCUT2D eigenvalue weighted by Crippen LogP contribution is 2.41. The molecular formula is C15H16BrN3. The van der Waals surface area contributed by atoms with Gasteiger partial charge in [-0.1, -0.05) is 40.2 Å². The van der Waals surface area contributed by atoms with Crippen molar-refractivity contribution in [3.63, 3.8) is 0 Å². The smallest absolute Gasteiger partial charge is 0.0554 e. The van der Waals surface area contributed by atoms with Crippen LogP contribution in [0.3, 0.4) is 0 Å². The summed E-state index contributed by atoms with van der Waals surface area (Å²) in [6, 6.07) is 12.5. The van der Waals surface area contributed by atoms with Gasteiger partial charge in [0.2, 0.25) is 0 Å². The third-order valence-corrected chi connectivity index (χ3v) is 4.55. The van der Waals surface area contributed by atoms with Gasteiger partial charge in [0.25, 0.3) is 0 Å². The maximum absolute atomic E-state index is 5.81. The number of hydrazine groups is 1. The Morgan fingerprint density at radius 3 is 2.89 bits per heavy atom. The second kappa shape index (κ2) is 5.41. The van der Waals surface area contributed by atoms with E-state index in [0.717, 1.165) is 17.3 Å². The lowest BCUT2D eigenvalue weighted by atomic mass is 9.91. The summed E-state index contributed by atoms with van der Waals surface area (Å²) in [7, 11) is 0. The first-order chi connectivity index (χ1) is 9.31. The van der Waals surface area contributed by atoms with Gasteiger partial charge in [-0.2, -0.15) is 0 Å². The number of rotatable bonds is 3. The van der Waals surface area contributed by atoms with Crippen molar-refractivity contribution in [2.75, 3.05) is 0 Å². The average Bonchev–Trinajstić information content (AvgIpc) is 2.86. The van der Waals surface area contributed by atoms with Gasteiger partial charge in [-0.05, 0) is 36.1 Å². The quantitative estimate of drug-likeness (QED) is 0.675. The van der Waals surface area contributed by atoms with Gasteiger partial charge in [0.05, 0.1) is 6.04 Å². The Labute approximate surface area is 121 Å². The molecule has 1 aliphatic carbocycles. The van der Waals surface area contributed by atoms with E-state index in [4.69, 9.17) is 5.84 Å². The van der Waals surface area contributed by atoms with E-state index in [1.807, 2.05) is 30.5 Å². The number of benzene rings is 1. The van der Waals surface area contributed by atoms with Crippen LogP contribution in [0.1, 0.15) is 35.2 Å². The van der Waals surface area contributed by atoms with Crippen molar-refractivity contribution >= 4 is 15.9 Å². The van der Waals surface area contributed by atoms with Crippen LogP contribution in [0.2, 0.25) is 0 Å². The third kappa shape index (κ3) is 2.31. The van der Waals surface area contributed by atoms with E-state index in [1.165, 1.54) is 16.8 Å². The molecule has 98 valence electrons. The van der Waals surface area contributed by atoms with Crippen molar-refractivity contribution < 1.29 is 0 Å². The van der Waals surface area contributed by atoms with Crippen LogP contribution in [0.4, 0.5) is 0 Å². The number of hydrogen-bond acceptors (Lipinski definition) is 3. The molecule has 1 aromatic carbocycles. The number of aryl methyl sites for hydroxylation is 1. The first kappa shape index (κ1) is 12.8. The molecule has 0 radical (unpaired) electrons. The highest BCUT2D eigenvalue weighted by Gasteiger charge is 2.32. The molecule has 19 heavy (non-hydrogen) atoms. The number of fused-ring (bicyclic) bond motifs is 1. The third-order valence-electron chi connectivity index (χ3n) is 3.82. The molecule has 0 saturated heterocycles. The summed E-state index contributed by atoms with van der Waals surface area (Å²) < 4.78 is 1.09. The molecule has 2 unspecified atom stereocenters. The summed E-state index contributed by atoms with van der Waals surface area (Å²) in [5, 5.41) is 0. The number of nitrogens with zero attached hydrogens (tertiary/aromatic N) is 1. The maximum atomic E-state index is 5.81. The Morgan fingerprint density at radius 1 is 1.26 bits per heavy atom. The standard InChI is InChI=1S/C15H16BrN3/c16-13-6-2-1-5-11(13)15(19-17)12-8-7-10-4-3-9-18-14(10)12/h1-6,9,12,15,19H,7-8,17H2. The van der Waals surface area contributed by atoms with E-state index in [2.05, 4.69) is 38.5 Å². The van der Waals surface area contributed by atoms with Gasteiger partial charge in [0.15, 0.2) is 0 Å². The lowest BCUT2D eigenvalue weighted by molar-refractivity contribution is 0.445. The molecule has 0 saturated carbocycles. The monoisotopic (exact) mass is 317 g/mol. The summed E-state index contributed by atoms with van der Waals surface area (Å²) >= 11 is 3.61. The van der Waals surface area contributed by atoms with Crippen LogP contribution in [0, 0.1) is 0 Å². The predicted molar refractivity (Wildman–Crippen MR) is 79.5 cm³/mol. The number of aromatic nitrogens is 1. The Kier molecular flexibility index (Phi) is 3.64. The van der Waals surface area contributed by atoms with Crippen molar-refractivity contribution in [1.82, 2.24) is 10.4 Å². The average molecular weight is 318 g/mol. The summed E-state index contributed by atoms with van der Waals surface area (Å²) in [6.07, 6.45) is 4.03. The number of halogens is 1. The topological polar surface area (TPSA) is 50.9 Å². The number of nitrogens with one attached hydrogen (secondary N) is 1. The largest absolute Gasteiger partial charge is 0.271 e. The summed E-state index contributed by atoms with van der Waals surface area (Å²) in [5.41, 5.74) is 6.69. The van der Waals surface area contributed by atoms with Crippen LogP contribution in [0.5, 0.6) is 0 Å². The van der Waals surface area contributed by atoms with Gasteiger partial charge in [0, 0.05) is 22.3 Å². The zero-order valence-electron chi connectivity index (χ0n) is 10.5. The van der Waals surface area contributed by atoms with E-state index in [-0.39, 0.29) is 6.04 Å². The molecule has 3 nitrogen and oxygen atoms in total. The van der Waals surface area contributed by atoms with Gasteiger partial charge in [-0.3, -0.25) is 16.3 Å². The molecule has 4 heteroatoms. The number of hydrogen-bond donors (Lipinski definition) is 2. The van der Waals surface area contributed by atoms with Crippen LogP contribution < -0.4 is 11.3 Å². The molecular weight excluding hydrogens is 302 g/mol. The fourth-order valence-corrected chi connectivity index (χ4v) is 3.45. The van der Waals surface area contributed by atoms with Gasteiger partial charge in [0.1, 0.15) is 0 Å². The molecule has 0 bridgehead atoms. The summed E-state index contributed by atoms with van der Waals surface area (Å²) in [6.45, 7) is 0. The number of nitrogens with two attached hydrogens (primary N) is 1. The molecule has 1 aliphatic rings. The highest BCUT2D eigenvalue weighted by molar-refractivity contribution is 9.10. The van der Waals surface area contributed by atoms with Crippen molar-refractivity contribution in [2.45, 2.75) is 24.8 Å². The molecule has 2 atom stereocenters. The van der Waals surface area contributed by atoms with E-state index in [9.17, 15) is 0 Å². The second-order valence-electron chi connectivity index (χ2n) is 4.86. The first-order valence-electron chi connectivity index (χ1n) is 6.45. The van der Waals surface area contributed by atoms with Crippen LogP contribution in [0.15, 0.2) is 47.1 Å². The van der Waals surface area contributed by atoms with E-state index in [1.54, 1.807) is 0 Å². The van der Waals surface area contributed by atoms with Crippen LogP contribution >= 0.6 is 15.9 Å². The minimum absolute atomic E-state index is 0.0896. The summed E-state index contributed by atoms with van der Waals surface area (Å²) in [4.78, 5) is 4.55. The van der Waals surface area contributed by atoms with Crippen molar-refractivity contribution in [3.8, 4) is 0 Å². The molecule has 0 aliphatic heterocycles. The SMILES string of the molecule is NNC(c1ccccc1Br)C1CCc2cccnc21.